The number of rotatable bonds is 4. The lowest BCUT2D eigenvalue weighted by Crippen LogP contribution is -2.43. The smallest absolute Gasteiger partial charge is 0.315 e. The molecule has 2 aliphatic heterocycles. The molecule has 0 radical (unpaired) electrons. The van der Waals surface area contributed by atoms with Gasteiger partial charge in [-0.25, -0.2) is 4.79 Å². The average Bonchev–Trinajstić information content (AvgIpc) is 2.92. The van der Waals surface area contributed by atoms with E-state index < -0.39 is 0 Å². The van der Waals surface area contributed by atoms with E-state index in [1.165, 1.54) is 0 Å². The van der Waals surface area contributed by atoms with Crippen LogP contribution in [0.2, 0.25) is 0 Å². The van der Waals surface area contributed by atoms with Gasteiger partial charge in [0.25, 0.3) is 0 Å². The van der Waals surface area contributed by atoms with Gasteiger partial charge in [0.15, 0.2) is 11.5 Å². The molecule has 1 fully saturated rings. The second-order valence-electron chi connectivity index (χ2n) is 5.63. The molecule has 7 nitrogen and oxygen atoms in total. The Hall–Kier alpha value is -2.44. The van der Waals surface area contributed by atoms with Gasteiger partial charge in [0.2, 0.25) is 5.91 Å². The van der Waals surface area contributed by atoms with Crippen LogP contribution in [-0.4, -0.2) is 44.3 Å². The van der Waals surface area contributed by atoms with Crippen LogP contribution in [-0.2, 0) is 4.79 Å². The van der Waals surface area contributed by atoms with Crippen LogP contribution in [0.25, 0.3) is 0 Å². The number of ether oxygens (including phenoxy) is 2. The molecule has 1 aromatic carbocycles. The molecule has 0 saturated carbocycles. The lowest BCUT2D eigenvalue weighted by Gasteiger charge is -2.22. The van der Waals surface area contributed by atoms with Gasteiger partial charge in [-0.15, -0.1) is 0 Å². The number of hydrogen-bond donors (Lipinski definition) is 2. The van der Waals surface area contributed by atoms with Crippen LogP contribution in [0.4, 0.5) is 10.5 Å². The summed E-state index contributed by atoms with van der Waals surface area (Å²) in [4.78, 5) is 25.6. The van der Waals surface area contributed by atoms with Crippen LogP contribution in [0.15, 0.2) is 18.2 Å². The van der Waals surface area contributed by atoms with E-state index in [0.29, 0.717) is 44.2 Å². The van der Waals surface area contributed by atoms with Crippen molar-refractivity contribution in [3.63, 3.8) is 0 Å². The van der Waals surface area contributed by atoms with E-state index in [0.717, 1.165) is 12.1 Å². The molecule has 0 aliphatic carbocycles. The minimum atomic E-state index is -0.228. The van der Waals surface area contributed by atoms with Crippen molar-refractivity contribution in [3.05, 3.63) is 18.2 Å². The van der Waals surface area contributed by atoms with E-state index in [4.69, 9.17) is 9.47 Å². The molecule has 1 atom stereocenters. The third-order valence-electron chi connectivity index (χ3n) is 3.83. The quantitative estimate of drug-likeness (QED) is 0.876. The van der Waals surface area contributed by atoms with Crippen molar-refractivity contribution in [1.29, 1.82) is 0 Å². The van der Waals surface area contributed by atoms with E-state index in [1.54, 1.807) is 4.90 Å². The molecule has 0 spiro atoms. The first-order valence-electron chi connectivity index (χ1n) is 7.91. The Morgan fingerprint density at radius 1 is 1.30 bits per heavy atom. The molecule has 1 unspecified atom stereocenters. The number of hydrogen-bond acceptors (Lipinski definition) is 4. The Balaban J connectivity index is 1.65. The highest BCUT2D eigenvalue weighted by Gasteiger charge is 2.32. The zero-order valence-electron chi connectivity index (χ0n) is 13.1. The molecule has 2 aliphatic rings. The number of fused-ring (bicyclic) bond motifs is 1. The Bertz CT molecular complexity index is 605. The van der Waals surface area contributed by atoms with E-state index >= 15 is 0 Å². The summed E-state index contributed by atoms with van der Waals surface area (Å²) in [7, 11) is 0. The number of anilines is 1. The number of carbonyl (C=O) groups is 2. The highest BCUT2D eigenvalue weighted by atomic mass is 16.6. The summed E-state index contributed by atoms with van der Waals surface area (Å²) in [6, 6.07) is 5.05. The summed E-state index contributed by atoms with van der Waals surface area (Å²) in [6.07, 6.45) is 1.17. The summed E-state index contributed by atoms with van der Waals surface area (Å²) in [5.74, 6) is 1.33. The molecule has 0 aromatic heterocycles. The lowest BCUT2D eigenvalue weighted by atomic mass is 10.2. The topological polar surface area (TPSA) is 79.9 Å². The molecule has 124 valence electrons. The third-order valence-corrected chi connectivity index (χ3v) is 3.83. The third kappa shape index (κ3) is 3.49. The Labute approximate surface area is 134 Å². The standard InChI is InChI=1S/C16H21N3O4/c1-2-5-17-16(21)18-11-8-15(20)19(10-11)12-3-4-13-14(9-12)23-7-6-22-13/h3-4,9,11H,2,5-8,10H2,1H3,(H2,17,18,21). The van der Waals surface area contributed by atoms with Gasteiger partial charge < -0.3 is 25.0 Å². The maximum atomic E-state index is 12.2. The number of nitrogens with zero attached hydrogens (tertiary/aromatic N) is 1. The van der Waals surface area contributed by atoms with Crippen LogP contribution in [0.1, 0.15) is 19.8 Å². The maximum Gasteiger partial charge on any atom is 0.315 e. The highest BCUT2D eigenvalue weighted by Crippen LogP contribution is 2.35. The molecule has 1 aromatic rings. The van der Waals surface area contributed by atoms with E-state index in [-0.39, 0.29) is 18.0 Å². The van der Waals surface area contributed by atoms with Crippen molar-refractivity contribution < 1.29 is 19.1 Å². The molecule has 1 saturated heterocycles. The van der Waals surface area contributed by atoms with Gasteiger partial charge in [-0.1, -0.05) is 6.92 Å². The van der Waals surface area contributed by atoms with Crippen LogP contribution in [0.3, 0.4) is 0 Å². The molecule has 23 heavy (non-hydrogen) atoms. The predicted octanol–water partition coefficient (Wildman–Crippen LogP) is 1.27. The van der Waals surface area contributed by atoms with Crippen molar-refractivity contribution in [2.45, 2.75) is 25.8 Å². The van der Waals surface area contributed by atoms with Gasteiger partial charge >= 0.3 is 6.03 Å². The molecule has 3 rings (SSSR count). The number of amides is 3. The van der Waals surface area contributed by atoms with Crippen molar-refractivity contribution in [3.8, 4) is 11.5 Å². The molecule has 0 bridgehead atoms. The van der Waals surface area contributed by atoms with Crippen LogP contribution >= 0.6 is 0 Å². The normalized spacial score (nSPS) is 19.6. The van der Waals surface area contributed by atoms with Gasteiger partial charge in [0, 0.05) is 31.3 Å². The minimum Gasteiger partial charge on any atom is -0.486 e. The Kier molecular flexibility index (Phi) is 4.55. The number of benzene rings is 1. The number of carbonyl (C=O) groups excluding carboxylic acids is 2. The highest BCUT2D eigenvalue weighted by molar-refractivity contribution is 5.97. The monoisotopic (exact) mass is 319 g/mol. The number of urea groups is 1. The lowest BCUT2D eigenvalue weighted by molar-refractivity contribution is -0.117. The Morgan fingerprint density at radius 3 is 2.87 bits per heavy atom. The first-order valence-corrected chi connectivity index (χ1v) is 7.91. The summed E-state index contributed by atoms with van der Waals surface area (Å²) in [5.41, 5.74) is 0.762. The summed E-state index contributed by atoms with van der Waals surface area (Å²) >= 11 is 0. The maximum absolute atomic E-state index is 12.2. The van der Waals surface area contributed by atoms with E-state index in [2.05, 4.69) is 10.6 Å². The zero-order valence-corrected chi connectivity index (χ0v) is 13.1. The molecule has 7 heteroatoms. The van der Waals surface area contributed by atoms with Gasteiger partial charge in [0.1, 0.15) is 13.2 Å². The Morgan fingerprint density at radius 2 is 2.09 bits per heavy atom. The summed E-state index contributed by atoms with van der Waals surface area (Å²) < 4.78 is 11.0. The molecular formula is C16H21N3O4. The van der Waals surface area contributed by atoms with Crippen molar-refractivity contribution in [2.24, 2.45) is 0 Å². The fourth-order valence-corrected chi connectivity index (χ4v) is 2.73. The molecular weight excluding hydrogens is 298 g/mol. The van der Waals surface area contributed by atoms with Crippen molar-refractivity contribution in [1.82, 2.24) is 10.6 Å². The van der Waals surface area contributed by atoms with Gasteiger partial charge in [-0.05, 0) is 18.6 Å². The second kappa shape index (κ2) is 6.76. The van der Waals surface area contributed by atoms with Crippen molar-refractivity contribution in [2.75, 3.05) is 31.2 Å². The second-order valence-corrected chi connectivity index (χ2v) is 5.63. The fourth-order valence-electron chi connectivity index (χ4n) is 2.73. The largest absolute Gasteiger partial charge is 0.486 e. The number of nitrogens with one attached hydrogen (secondary N) is 2. The molecule has 3 amide bonds. The SMILES string of the molecule is CCCNC(=O)NC1CC(=O)N(c2ccc3c(c2)OCCO3)C1. The van der Waals surface area contributed by atoms with Gasteiger partial charge in [-0.2, -0.15) is 0 Å². The van der Waals surface area contributed by atoms with Crippen LogP contribution in [0.5, 0.6) is 11.5 Å². The van der Waals surface area contributed by atoms with Crippen LogP contribution in [0, 0.1) is 0 Å². The average molecular weight is 319 g/mol. The van der Waals surface area contributed by atoms with Gasteiger partial charge in [-0.3, -0.25) is 4.79 Å². The first kappa shape index (κ1) is 15.5. The summed E-state index contributed by atoms with van der Waals surface area (Å²) in [5, 5.41) is 5.59. The van der Waals surface area contributed by atoms with Crippen LogP contribution < -0.4 is 25.0 Å². The predicted molar refractivity (Wildman–Crippen MR) is 85.0 cm³/mol. The summed E-state index contributed by atoms with van der Waals surface area (Å²) in [6.45, 7) is 4.11. The molecule has 2 heterocycles. The zero-order chi connectivity index (χ0) is 16.2. The minimum absolute atomic E-state index is 0.0116. The van der Waals surface area contributed by atoms with Gasteiger partial charge in [0.05, 0.1) is 6.04 Å². The van der Waals surface area contributed by atoms with Crippen molar-refractivity contribution >= 4 is 17.6 Å². The first-order chi connectivity index (χ1) is 11.2. The fraction of sp³-hybridized carbons (Fsp3) is 0.500. The molecule has 2 N–H and O–H groups in total. The van der Waals surface area contributed by atoms with E-state index in [1.807, 2.05) is 25.1 Å². The van der Waals surface area contributed by atoms with E-state index in [9.17, 15) is 9.59 Å².